The Morgan fingerprint density at radius 1 is 1.00 bits per heavy atom. The van der Waals surface area contributed by atoms with Crippen LogP contribution in [0.4, 0.5) is 0 Å². The first kappa shape index (κ1) is 20.0. The van der Waals surface area contributed by atoms with Gasteiger partial charge in [-0.2, -0.15) is 0 Å². The molecule has 0 amide bonds. The van der Waals surface area contributed by atoms with Crippen LogP contribution in [-0.4, -0.2) is 46.6 Å². The molecule has 2 aromatic carbocycles. The smallest absolute Gasteiger partial charge is 0.119 e. The van der Waals surface area contributed by atoms with Gasteiger partial charge in [0.25, 0.3) is 0 Å². The first-order chi connectivity index (χ1) is 15.7. The minimum Gasteiger partial charge on any atom is -0.508 e. The molecule has 2 aliphatic heterocycles. The number of phenolic OH excluding ortho intramolecular Hbond substituents is 1. The highest BCUT2D eigenvalue weighted by Crippen LogP contribution is 2.55. The molecule has 3 unspecified atom stereocenters. The zero-order valence-corrected chi connectivity index (χ0v) is 18.7. The summed E-state index contributed by atoms with van der Waals surface area (Å²) in [5, 5.41) is 22.7. The van der Waals surface area contributed by atoms with Gasteiger partial charge >= 0.3 is 0 Å². The molecule has 164 valence electrons. The van der Waals surface area contributed by atoms with Gasteiger partial charge < -0.3 is 14.9 Å². The van der Waals surface area contributed by atoms with Gasteiger partial charge in [0.05, 0.1) is 0 Å². The standard InChI is InChI=1S/C27H27NO3S/c29-18-5-9-21-23(15-18)27-26(22-10-6-19(30)16-24(22)32-27)25(21)17-3-7-20(8-4-17)31-14-13-28-11-1-2-12-28/h3-10,15-16,22,24,26,29-30H,1-2,11-14H2. The summed E-state index contributed by atoms with van der Waals surface area (Å²) >= 11 is 1.81. The number of thioether (sulfide) groups is 1. The van der Waals surface area contributed by atoms with E-state index in [1.807, 2.05) is 36.0 Å². The zero-order chi connectivity index (χ0) is 21.7. The molecule has 0 saturated carbocycles. The second kappa shape index (κ2) is 8.05. The maximum atomic E-state index is 10.2. The number of aliphatic hydroxyl groups excluding tert-OH is 1. The van der Waals surface area contributed by atoms with Gasteiger partial charge in [-0.3, -0.25) is 4.90 Å². The summed E-state index contributed by atoms with van der Waals surface area (Å²) in [6, 6.07) is 14.2. The van der Waals surface area contributed by atoms with E-state index >= 15 is 0 Å². The summed E-state index contributed by atoms with van der Waals surface area (Å²) in [5.74, 6) is 2.08. The minimum absolute atomic E-state index is 0.221. The maximum Gasteiger partial charge on any atom is 0.119 e. The summed E-state index contributed by atoms with van der Waals surface area (Å²) in [6.45, 7) is 4.09. The number of aliphatic hydroxyl groups is 1. The molecule has 5 heteroatoms. The van der Waals surface area contributed by atoms with Crippen molar-refractivity contribution in [3.05, 3.63) is 82.5 Å². The molecule has 0 aromatic heterocycles. The molecule has 0 radical (unpaired) electrons. The maximum absolute atomic E-state index is 10.2. The lowest BCUT2D eigenvalue weighted by Crippen LogP contribution is -2.25. The van der Waals surface area contributed by atoms with E-state index in [0.29, 0.717) is 17.4 Å². The Bertz CT molecular complexity index is 1220. The predicted molar refractivity (Wildman–Crippen MR) is 129 cm³/mol. The van der Waals surface area contributed by atoms with Gasteiger partial charge in [0, 0.05) is 28.5 Å². The third kappa shape index (κ3) is 3.44. The molecular formula is C27H27NO3S. The van der Waals surface area contributed by atoms with Crippen molar-refractivity contribution in [2.24, 2.45) is 11.8 Å². The molecule has 4 aliphatic rings. The van der Waals surface area contributed by atoms with E-state index in [1.165, 1.54) is 47.2 Å². The van der Waals surface area contributed by atoms with E-state index in [-0.39, 0.29) is 11.2 Å². The first-order valence-electron chi connectivity index (χ1n) is 11.5. The first-order valence-corrected chi connectivity index (χ1v) is 12.3. The Balaban J connectivity index is 1.31. The lowest BCUT2D eigenvalue weighted by molar-refractivity contribution is 0.238. The van der Waals surface area contributed by atoms with Crippen molar-refractivity contribution in [2.45, 2.75) is 18.1 Å². The number of aromatic hydroxyl groups is 1. The number of nitrogens with zero attached hydrogens (tertiary/aromatic N) is 1. The summed E-state index contributed by atoms with van der Waals surface area (Å²) in [5.41, 5.74) is 2.50. The normalized spacial score (nSPS) is 26.1. The topological polar surface area (TPSA) is 52.9 Å². The Morgan fingerprint density at radius 3 is 2.62 bits per heavy atom. The quantitative estimate of drug-likeness (QED) is 0.737. The number of rotatable bonds is 5. The minimum atomic E-state index is 0.221. The molecule has 2 aromatic rings. The van der Waals surface area contributed by atoms with Gasteiger partial charge in [-0.05, 0) is 83.9 Å². The van der Waals surface area contributed by atoms with E-state index in [9.17, 15) is 10.2 Å². The summed E-state index contributed by atoms with van der Waals surface area (Å²) in [4.78, 5) is 3.76. The van der Waals surface area contributed by atoms with Gasteiger partial charge in [0.2, 0.25) is 0 Å². The van der Waals surface area contributed by atoms with Crippen molar-refractivity contribution in [1.82, 2.24) is 4.90 Å². The zero-order valence-electron chi connectivity index (χ0n) is 17.9. The van der Waals surface area contributed by atoms with Gasteiger partial charge in [0.1, 0.15) is 23.9 Å². The highest BCUT2D eigenvalue weighted by Gasteiger charge is 2.44. The summed E-state index contributed by atoms with van der Waals surface area (Å²) < 4.78 is 6.02. The van der Waals surface area contributed by atoms with E-state index in [1.54, 1.807) is 6.07 Å². The average Bonchev–Trinajstić information content (AvgIpc) is 3.50. The number of benzene rings is 2. The van der Waals surface area contributed by atoms with E-state index < -0.39 is 0 Å². The number of allylic oxidation sites excluding steroid dienone is 2. The van der Waals surface area contributed by atoms with Crippen LogP contribution in [0.25, 0.3) is 10.5 Å². The van der Waals surface area contributed by atoms with Crippen LogP contribution in [0.3, 0.4) is 0 Å². The summed E-state index contributed by atoms with van der Waals surface area (Å²) in [7, 11) is 0. The number of hydrogen-bond acceptors (Lipinski definition) is 5. The number of ether oxygens (including phenoxy) is 1. The van der Waals surface area contributed by atoms with E-state index in [0.717, 1.165) is 24.1 Å². The van der Waals surface area contributed by atoms with Crippen molar-refractivity contribution in [2.75, 3.05) is 26.2 Å². The SMILES string of the molecule is OC1=CC2SC3=c4cc(O)ccc4=C(c4ccc(OCCN5CCCC5)cc4)C3C2C=C1. The van der Waals surface area contributed by atoms with Gasteiger partial charge in [0.15, 0.2) is 0 Å². The number of hydrogen-bond donors (Lipinski definition) is 2. The molecule has 2 saturated heterocycles. The third-order valence-corrected chi connectivity index (χ3v) is 8.49. The second-order valence-corrected chi connectivity index (χ2v) is 10.2. The molecule has 3 atom stereocenters. The van der Waals surface area contributed by atoms with Crippen LogP contribution in [0.1, 0.15) is 18.4 Å². The highest BCUT2D eigenvalue weighted by molar-refractivity contribution is 8.09. The van der Waals surface area contributed by atoms with Gasteiger partial charge in [-0.1, -0.05) is 24.3 Å². The molecule has 2 aliphatic carbocycles. The fourth-order valence-corrected chi connectivity index (χ4v) is 7.14. The van der Waals surface area contributed by atoms with Gasteiger partial charge in [-0.15, -0.1) is 11.8 Å². The van der Waals surface area contributed by atoms with Crippen molar-refractivity contribution in [1.29, 1.82) is 0 Å². The molecule has 0 bridgehead atoms. The lowest BCUT2D eigenvalue weighted by Gasteiger charge is -2.23. The molecule has 4 nitrogen and oxygen atoms in total. The molecule has 2 heterocycles. The average molecular weight is 446 g/mol. The fourth-order valence-electron chi connectivity index (χ4n) is 5.52. The molecule has 2 fully saturated rings. The second-order valence-electron chi connectivity index (χ2n) is 9.02. The number of likely N-dealkylation sites (tertiary alicyclic amines) is 1. The Labute approximate surface area is 192 Å². The monoisotopic (exact) mass is 445 g/mol. The van der Waals surface area contributed by atoms with Crippen LogP contribution in [0.5, 0.6) is 11.5 Å². The van der Waals surface area contributed by atoms with E-state index in [4.69, 9.17) is 4.74 Å². The highest BCUT2D eigenvalue weighted by atomic mass is 32.2. The van der Waals surface area contributed by atoms with Crippen LogP contribution in [0.15, 0.2) is 66.5 Å². The molecule has 0 spiro atoms. The van der Waals surface area contributed by atoms with Crippen molar-refractivity contribution in [3.63, 3.8) is 0 Å². The van der Waals surface area contributed by atoms with Crippen molar-refractivity contribution >= 4 is 22.2 Å². The molecule has 2 N–H and O–H groups in total. The van der Waals surface area contributed by atoms with Gasteiger partial charge in [-0.25, -0.2) is 0 Å². The Hall–Kier alpha value is -2.63. The molecule has 6 rings (SSSR count). The van der Waals surface area contributed by atoms with Crippen molar-refractivity contribution in [3.8, 4) is 11.5 Å². The van der Waals surface area contributed by atoms with Crippen LogP contribution in [-0.2, 0) is 0 Å². The molecular weight excluding hydrogens is 418 g/mol. The number of fused-ring (bicyclic) bond motifs is 4. The van der Waals surface area contributed by atoms with Crippen LogP contribution in [0.2, 0.25) is 0 Å². The molecule has 32 heavy (non-hydrogen) atoms. The van der Waals surface area contributed by atoms with E-state index in [2.05, 4.69) is 35.2 Å². The predicted octanol–water partition coefficient (Wildman–Crippen LogP) is 3.55. The Morgan fingerprint density at radius 2 is 1.81 bits per heavy atom. The lowest BCUT2D eigenvalue weighted by atomic mass is 9.80. The summed E-state index contributed by atoms with van der Waals surface area (Å²) in [6.07, 6.45) is 8.53. The largest absolute Gasteiger partial charge is 0.508 e. The van der Waals surface area contributed by atoms with Crippen LogP contribution in [0, 0.1) is 11.8 Å². The Kier molecular flexibility index (Phi) is 5.04. The van der Waals surface area contributed by atoms with Crippen molar-refractivity contribution < 1.29 is 14.9 Å². The van der Waals surface area contributed by atoms with Crippen LogP contribution < -0.4 is 15.2 Å². The van der Waals surface area contributed by atoms with Crippen LogP contribution >= 0.6 is 11.8 Å². The number of phenols is 1. The fraction of sp³-hybridized carbons (Fsp3) is 0.333. The third-order valence-electron chi connectivity index (χ3n) is 7.04.